The first-order valence-electron chi connectivity index (χ1n) is 3.23. The van der Waals surface area contributed by atoms with E-state index in [1.165, 1.54) is 12.0 Å². The lowest BCUT2D eigenvalue weighted by atomic mass is 10.6. The number of hydrogen-bond acceptors (Lipinski definition) is 2. The molecule has 0 bridgehead atoms. The Kier molecular flexibility index (Phi) is 4.37. The number of amides is 1. The molecule has 0 aromatic rings. The average molecular weight is 143 g/mol. The highest BCUT2D eigenvalue weighted by Gasteiger charge is 2.05. The number of carbonyl (C=O) groups excluding carboxylic acids is 1. The van der Waals surface area contributed by atoms with Gasteiger partial charge in [0.2, 0.25) is 0 Å². The normalized spacial score (nSPS) is 9.90. The van der Waals surface area contributed by atoms with Crippen LogP contribution < -0.4 is 0 Å². The van der Waals surface area contributed by atoms with Gasteiger partial charge in [0.15, 0.2) is 0 Å². The summed E-state index contributed by atoms with van der Waals surface area (Å²) in [4.78, 5) is 12.3. The van der Waals surface area contributed by atoms with Crippen LogP contribution in [0.3, 0.4) is 0 Å². The second-order valence-electron chi connectivity index (χ2n) is 1.74. The van der Waals surface area contributed by atoms with Gasteiger partial charge in [-0.25, -0.2) is 4.79 Å². The second-order valence-corrected chi connectivity index (χ2v) is 1.74. The molecule has 0 aromatic heterocycles. The van der Waals surface area contributed by atoms with Crippen molar-refractivity contribution in [2.75, 3.05) is 13.7 Å². The third-order valence-corrected chi connectivity index (χ3v) is 1.08. The Labute approximate surface area is 61.3 Å². The molecule has 0 aliphatic heterocycles. The van der Waals surface area contributed by atoms with Crippen molar-refractivity contribution in [2.45, 2.75) is 13.8 Å². The van der Waals surface area contributed by atoms with E-state index in [-0.39, 0.29) is 6.09 Å². The highest BCUT2D eigenvalue weighted by atomic mass is 16.5. The summed E-state index contributed by atoms with van der Waals surface area (Å²) in [6.45, 7) is 4.37. The van der Waals surface area contributed by atoms with Crippen LogP contribution in [-0.2, 0) is 4.74 Å². The molecule has 0 fully saturated rings. The van der Waals surface area contributed by atoms with Crippen LogP contribution in [0.4, 0.5) is 4.79 Å². The fraction of sp³-hybridized carbons (Fsp3) is 0.571. The fourth-order valence-electron chi connectivity index (χ4n) is 0.593. The monoisotopic (exact) mass is 143 g/mol. The molecule has 1 amide bonds. The van der Waals surface area contributed by atoms with Crippen LogP contribution in [0.2, 0.25) is 0 Å². The summed E-state index contributed by atoms with van der Waals surface area (Å²) in [6, 6.07) is 0. The van der Waals surface area contributed by atoms with Crippen molar-refractivity contribution in [2.24, 2.45) is 0 Å². The number of allylic oxidation sites excluding steroid dienone is 1. The van der Waals surface area contributed by atoms with Crippen molar-refractivity contribution in [1.29, 1.82) is 0 Å². The van der Waals surface area contributed by atoms with Gasteiger partial charge in [0.1, 0.15) is 0 Å². The maximum absolute atomic E-state index is 10.8. The SMILES string of the molecule is C/C=C/N(CC)C(=O)OC. The Hall–Kier alpha value is -0.990. The molecule has 0 aliphatic rings. The average Bonchev–Trinajstić information content (AvgIpc) is 1.99. The van der Waals surface area contributed by atoms with Gasteiger partial charge >= 0.3 is 6.09 Å². The Balaban J connectivity index is 3.93. The van der Waals surface area contributed by atoms with E-state index in [4.69, 9.17) is 0 Å². The number of rotatable bonds is 2. The molecule has 0 spiro atoms. The summed E-state index contributed by atoms with van der Waals surface area (Å²) >= 11 is 0. The van der Waals surface area contributed by atoms with Crippen LogP contribution in [0.15, 0.2) is 12.3 Å². The van der Waals surface area contributed by atoms with Gasteiger partial charge in [0, 0.05) is 12.7 Å². The minimum Gasteiger partial charge on any atom is -0.452 e. The lowest BCUT2D eigenvalue weighted by molar-refractivity contribution is 0.141. The maximum atomic E-state index is 10.8. The zero-order valence-electron chi connectivity index (χ0n) is 6.63. The van der Waals surface area contributed by atoms with E-state index in [1.54, 1.807) is 12.3 Å². The van der Waals surface area contributed by atoms with Crippen LogP contribution in [-0.4, -0.2) is 24.6 Å². The lowest BCUT2D eigenvalue weighted by Crippen LogP contribution is -2.24. The highest BCUT2D eigenvalue weighted by molar-refractivity contribution is 5.68. The number of carbonyl (C=O) groups is 1. The summed E-state index contributed by atoms with van der Waals surface area (Å²) in [5.74, 6) is 0. The number of nitrogens with zero attached hydrogens (tertiary/aromatic N) is 1. The molecule has 58 valence electrons. The molecule has 0 aliphatic carbocycles. The third kappa shape index (κ3) is 2.53. The highest BCUT2D eigenvalue weighted by Crippen LogP contribution is 1.92. The van der Waals surface area contributed by atoms with Crippen molar-refractivity contribution < 1.29 is 9.53 Å². The van der Waals surface area contributed by atoms with Crippen molar-refractivity contribution >= 4 is 6.09 Å². The third-order valence-electron chi connectivity index (χ3n) is 1.08. The van der Waals surface area contributed by atoms with Crippen LogP contribution in [0.5, 0.6) is 0 Å². The standard InChI is InChI=1S/C7H13NO2/c1-4-6-8(5-2)7(9)10-3/h4,6H,5H2,1-3H3/b6-4+. The lowest BCUT2D eigenvalue weighted by Gasteiger charge is -2.12. The van der Waals surface area contributed by atoms with Crippen LogP contribution in [0.1, 0.15) is 13.8 Å². The minimum atomic E-state index is -0.319. The van der Waals surface area contributed by atoms with Gasteiger partial charge in [-0.2, -0.15) is 0 Å². The van der Waals surface area contributed by atoms with Crippen molar-refractivity contribution in [3.63, 3.8) is 0 Å². The van der Waals surface area contributed by atoms with Gasteiger partial charge in [0.25, 0.3) is 0 Å². The van der Waals surface area contributed by atoms with Gasteiger partial charge in [-0.05, 0) is 13.8 Å². The van der Waals surface area contributed by atoms with E-state index in [1.807, 2.05) is 13.8 Å². The number of ether oxygens (including phenoxy) is 1. The molecular formula is C7H13NO2. The molecule has 0 N–H and O–H groups in total. The molecule has 0 radical (unpaired) electrons. The smallest absolute Gasteiger partial charge is 0.413 e. The molecule has 0 aromatic carbocycles. The summed E-state index contributed by atoms with van der Waals surface area (Å²) in [6.07, 6.45) is 3.16. The molecule has 0 rings (SSSR count). The van der Waals surface area contributed by atoms with Gasteiger partial charge in [-0.1, -0.05) is 6.08 Å². The molecule has 0 unspecified atom stereocenters. The first kappa shape index (κ1) is 9.01. The summed E-state index contributed by atoms with van der Waals surface area (Å²) in [7, 11) is 1.37. The Morgan fingerprint density at radius 1 is 1.70 bits per heavy atom. The van der Waals surface area contributed by atoms with Gasteiger partial charge in [-0.3, -0.25) is 4.90 Å². The van der Waals surface area contributed by atoms with Gasteiger partial charge in [-0.15, -0.1) is 0 Å². The first-order valence-corrected chi connectivity index (χ1v) is 3.23. The fourth-order valence-corrected chi connectivity index (χ4v) is 0.593. The van der Waals surface area contributed by atoms with Gasteiger partial charge in [0.05, 0.1) is 7.11 Å². The second kappa shape index (κ2) is 4.85. The van der Waals surface area contributed by atoms with E-state index >= 15 is 0 Å². The van der Waals surface area contributed by atoms with Crippen molar-refractivity contribution in [3.05, 3.63) is 12.3 Å². The van der Waals surface area contributed by atoms with E-state index < -0.39 is 0 Å². The molecule has 3 nitrogen and oxygen atoms in total. The zero-order chi connectivity index (χ0) is 7.98. The quantitative estimate of drug-likeness (QED) is 0.587. The molecular weight excluding hydrogens is 130 g/mol. The summed E-state index contributed by atoms with van der Waals surface area (Å²) in [5.41, 5.74) is 0. The van der Waals surface area contributed by atoms with E-state index in [0.29, 0.717) is 6.54 Å². The van der Waals surface area contributed by atoms with Gasteiger partial charge < -0.3 is 4.74 Å². The summed E-state index contributed by atoms with van der Waals surface area (Å²) in [5, 5.41) is 0. The molecule has 0 saturated carbocycles. The van der Waals surface area contributed by atoms with Crippen molar-refractivity contribution in [3.8, 4) is 0 Å². The maximum Gasteiger partial charge on any atom is 0.413 e. The number of methoxy groups -OCH3 is 1. The molecule has 0 saturated heterocycles. The van der Waals surface area contributed by atoms with Crippen LogP contribution in [0.25, 0.3) is 0 Å². The van der Waals surface area contributed by atoms with Crippen LogP contribution >= 0.6 is 0 Å². The molecule has 0 heterocycles. The van der Waals surface area contributed by atoms with Crippen molar-refractivity contribution in [1.82, 2.24) is 4.90 Å². The van der Waals surface area contributed by atoms with E-state index in [9.17, 15) is 4.79 Å². The predicted octanol–water partition coefficient (Wildman–Crippen LogP) is 1.61. The Morgan fingerprint density at radius 2 is 2.30 bits per heavy atom. The molecule has 0 atom stereocenters. The Morgan fingerprint density at radius 3 is 2.60 bits per heavy atom. The molecule has 10 heavy (non-hydrogen) atoms. The first-order chi connectivity index (χ1) is 4.76. The van der Waals surface area contributed by atoms with E-state index in [0.717, 1.165) is 0 Å². The predicted molar refractivity (Wildman–Crippen MR) is 39.6 cm³/mol. The topological polar surface area (TPSA) is 29.5 Å². The minimum absolute atomic E-state index is 0.319. The van der Waals surface area contributed by atoms with Crippen LogP contribution in [0, 0.1) is 0 Å². The Bertz CT molecular complexity index is 132. The molecule has 3 heteroatoms. The number of hydrogen-bond donors (Lipinski definition) is 0. The summed E-state index contributed by atoms with van der Waals surface area (Å²) < 4.78 is 4.49. The van der Waals surface area contributed by atoms with E-state index in [2.05, 4.69) is 4.74 Å². The largest absolute Gasteiger partial charge is 0.452 e. The zero-order valence-corrected chi connectivity index (χ0v) is 6.63.